The SMILES string of the molecule is O=C(Nc1scc(C2CC2)c1C(=O)O)OCC1c2ccccc2-c2ccccc21. The molecule has 0 atom stereocenters. The van der Waals surface area contributed by atoms with Crippen molar-refractivity contribution in [3.8, 4) is 11.1 Å². The highest BCUT2D eigenvalue weighted by Crippen LogP contribution is 2.46. The van der Waals surface area contributed by atoms with Crippen LogP contribution in [0.2, 0.25) is 0 Å². The molecule has 1 aromatic heterocycles. The van der Waals surface area contributed by atoms with Crippen LogP contribution in [-0.2, 0) is 4.74 Å². The van der Waals surface area contributed by atoms with Crippen LogP contribution in [0.5, 0.6) is 0 Å². The molecule has 0 aliphatic heterocycles. The Bertz CT molecular complexity index is 1070. The highest BCUT2D eigenvalue weighted by Gasteiger charge is 2.32. The second kappa shape index (κ2) is 7.04. The summed E-state index contributed by atoms with van der Waals surface area (Å²) < 4.78 is 5.53. The number of hydrogen-bond acceptors (Lipinski definition) is 4. The maximum absolute atomic E-state index is 12.4. The van der Waals surface area contributed by atoms with E-state index in [1.165, 1.54) is 11.3 Å². The van der Waals surface area contributed by atoms with Crippen molar-refractivity contribution >= 4 is 28.4 Å². The fourth-order valence-corrected chi connectivity index (χ4v) is 5.13. The van der Waals surface area contributed by atoms with Crippen LogP contribution in [0.4, 0.5) is 9.80 Å². The highest BCUT2D eigenvalue weighted by atomic mass is 32.1. The van der Waals surface area contributed by atoms with Crippen LogP contribution in [0, 0.1) is 0 Å². The Morgan fingerprint density at radius 3 is 2.21 bits per heavy atom. The minimum absolute atomic E-state index is 0.0301. The van der Waals surface area contributed by atoms with Crippen LogP contribution in [-0.4, -0.2) is 23.8 Å². The highest BCUT2D eigenvalue weighted by molar-refractivity contribution is 7.15. The van der Waals surface area contributed by atoms with Crippen molar-refractivity contribution in [1.29, 1.82) is 0 Å². The number of ether oxygens (including phenoxy) is 1. The molecule has 0 radical (unpaired) electrons. The number of thiophene rings is 1. The van der Waals surface area contributed by atoms with Crippen LogP contribution < -0.4 is 5.32 Å². The van der Waals surface area contributed by atoms with E-state index in [9.17, 15) is 14.7 Å². The van der Waals surface area contributed by atoms with E-state index in [1.54, 1.807) is 0 Å². The average Bonchev–Trinajstić information content (AvgIpc) is 3.41. The van der Waals surface area contributed by atoms with Crippen LogP contribution in [0.15, 0.2) is 53.9 Å². The Labute approximate surface area is 172 Å². The number of hydrogen-bond donors (Lipinski definition) is 2. The van der Waals surface area contributed by atoms with Gasteiger partial charge >= 0.3 is 12.1 Å². The van der Waals surface area contributed by atoms with E-state index in [0.717, 1.165) is 40.7 Å². The van der Waals surface area contributed by atoms with Gasteiger partial charge < -0.3 is 9.84 Å². The average molecular weight is 405 g/mol. The minimum Gasteiger partial charge on any atom is -0.478 e. The maximum atomic E-state index is 12.4. The van der Waals surface area contributed by atoms with Crippen molar-refractivity contribution in [2.45, 2.75) is 24.7 Å². The monoisotopic (exact) mass is 405 g/mol. The molecule has 1 heterocycles. The van der Waals surface area contributed by atoms with Gasteiger partial charge in [-0.1, -0.05) is 48.5 Å². The number of aromatic carboxylic acids is 1. The summed E-state index contributed by atoms with van der Waals surface area (Å²) in [4.78, 5) is 24.1. The Hall–Kier alpha value is -3.12. The van der Waals surface area contributed by atoms with Crippen molar-refractivity contribution in [3.63, 3.8) is 0 Å². The summed E-state index contributed by atoms with van der Waals surface area (Å²) in [6, 6.07) is 16.3. The van der Waals surface area contributed by atoms with E-state index < -0.39 is 12.1 Å². The van der Waals surface area contributed by atoms with Crippen molar-refractivity contribution in [1.82, 2.24) is 0 Å². The Kier molecular flexibility index (Phi) is 4.36. The summed E-state index contributed by atoms with van der Waals surface area (Å²) in [6.45, 7) is 0.198. The van der Waals surface area contributed by atoms with Gasteiger partial charge in [0.05, 0.1) is 5.56 Å². The van der Waals surface area contributed by atoms with Crippen molar-refractivity contribution in [3.05, 3.63) is 76.2 Å². The Balaban J connectivity index is 1.33. The fourth-order valence-electron chi connectivity index (χ4n) is 4.11. The zero-order valence-electron chi connectivity index (χ0n) is 15.6. The molecular weight excluding hydrogens is 386 g/mol. The largest absolute Gasteiger partial charge is 0.478 e. The first-order chi connectivity index (χ1) is 14.1. The summed E-state index contributed by atoms with van der Waals surface area (Å²) in [6.07, 6.45) is 1.38. The Morgan fingerprint density at radius 2 is 1.62 bits per heavy atom. The van der Waals surface area contributed by atoms with Gasteiger partial charge in [0.2, 0.25) is 0 Å². The third-order valence-electron chi connectivity index (χ3n) is 5.61. The third kappa shape index (κ3) is 3.19. The second-order valence-electron chi connectivity index (χ2n) is 7.43. The molecular formula is C23H19NO4S. The lowest BCUT2D eigenvalue weighted by molar-refractivity contribution is 0.0697. The topological polar surface area (TPSA) is 75.6 Å². The van der Waals surface area contributed by atoms with E-state index in [2.05, 4.69) is 29.6 Å². The molecule has 5 nitrogen and oxygen atoms in total. The van der Waals surface area contributed by atoms with Crippen LogP contribution >= 0.6 is 11.3 Å². The second-order valence-corrected chi connectivity index (χ2v) is 8.30. The predicted octanol–water partition coefficient (Wildman–Crippen LogP) is 5.68. The van der Waals surface area contributed by atoms with Crippen molar-refractivity contribution in [2.24, 2.45) is 0 Å². The van der Waals surface area contributed by atoms with Crippen LogP contribution in [0.1, 0.15) is 51.7 Å². The zero-order chi connectivity index (χ0) is 20.0. The molecule has 2 aliphatic rings. The summed E-state index contributed by atoms with van der Waals surface area (Å²) in [7, 11) is 0. The zero-order valence-corrected chi connectivity index (χ0v) is 16.4. The lowest BCUT2D eigenvalue weighted by atomic mass is 9.98. The molecule has 2 aliphatic carbocycles. The van der Waals surface area contributed by atoms with E-state index in [-0.39, 0.29) is 18.1 Å². The molecule has 3 aromatic rings. The molecule has 5 rings (SSSR count). The van der Waals surface area contributed by atoms with E-state index in [0.29, 0.717) is 10.9 Å². The van der Waals surface area contributed by atoms with Gasteiger partial charge in [0, 0.05) is 5.92 Å². The predicted molar refractivity (Wildman–Crippen MR) is 112 cm³/mol. The molecule has 0 unspecified atom stereocenters. The van der Waals surface area contributed by atoms with E-state index in [1.807, 2.05) is 29.6 Å². The molecule has 1 saturated carbocycles. The van der Waals surface area contributed by atoms with E-state index in [4.69, 9.17) is 4.74 Å². The molecule has 29 heavy (non-hydrogen) atoms. The number of amides is 1. The van der Waals surface area contributed by atoms with Gasteiger partial charge in [0.1, 0.15) is 11.6 Å². The summed E-state index contributed by atoms with van der Waals surface area (Å²) >= 11 is 1.24. The number of anilines is 1. The molecule has 2 aromatic carbocycles. The molecule has 146 valence electrons. The molecule has 1 fully saturated rings. The molecule has 2 N–H and O–H groups in total. The molecule has 1 amide bonds. The smallest absolute Gasteiger partial charge is 0.412 e. The first-order valence-corrected chi connectivity index (χ1v) is 10.5. The van der Waals surface area contributed by atoms with Crippen molar-refractivity contribution < 1.29 is 19.4 Å². The number of carboxylic acid groups (broad SMARTS) is 1. The van der Waals surface area contributed by atoms with Gasteiger partial charge in [0.15, 0.2) is 0 Å². The number of benzene rings is 2. The van der Waals surface area contributed by atoms with Crippen LogP contribution in [0.25, 0.3) is 11.1 Å². The molecule has 0 spiro atoms. The Morgan fingerprint density at radius 1 is 1.00 bits per heavy atom. The normalized spacial score (nSPS) is 14.9. The number of carbonyl (C=O) groups is 2. The van der Waals surface area contributed by atoms with Crippen molar-refractivity contribution in [2.75, 3.05) is 11.9 Å². The first kappa shape index (κ1) is 17.9. The minimum atomic E-state index is -1.01. The van der Waals surface area contributed by atoms with Gasteiger partial charge in [-0.25, -0.2) is 9.59 Å². The molecule has 0 saturated heterocycles. The number of rotatable bonds is 5. The van der Waals surface area contributed by atoms with Gasteiger partial charge in [-0.3, -0.25) is 5.32 Å². The van der Waals surface area contributed by atoms with Gasteiger partial charge in [-0.05, 0) is 52.0 Å². The number of fused-ring (bicyclic) bond motifs is 3. The lowest BCUT2D eigenvalue weighted by Gasteiger charge is -2.14. The van der Waals surface area contributed by atoms with Gasteiger partial charge in [-0.2, -0.15) is 0 Å². The number of carbonyl (C=O) groups excluding carboxylic acids is 1. The molecule has 6 heteroatoms. The summed E-state index contributed by atoms with van der Waals surface area (Å²) in [5.74, 6) is -0.741. The lowest BCUT2D eigenvalue weighted by Crippen LogP contribution is -2.18. The summed E-state index contributed by atoms with van der Waals surface area (Å²) in [5.41, 5.74) is 5.62. The summed E-state index contributed by atoms with van der Waals surface area (Å²) in [5, 5.41) is 14.4. The maximum Gasteiger partial charge on any atom is 0.412 e. The number of nitrogens with one attached hydrogen (secondary N) is 1. The van der Waals surface area contributed by atoms with Gasteiger partial charge in [-0.15, -0.1) is 11.3 Å². The standard InChI is InChI=1S/C23H19NO4S/c25-22(26)20-19(13-9-10-13)12-29-21(20)24-23(27)28-11-18-16-7-3-1-5-14(16)15-6-2-4-8-17(15)18/h1-8,12-13,18H,9-11H2,(H,24,27)(H,25,26). The van der Waals surface area contributed by atoms with E-state index >= 15 is 0 Å². The number of carboxylic acids is 1. The first-order valence-electron chi connectivity index (χ1n) is 9.60. The molecule has 0 bridgehead atoms. The van der Waals surface area contributed by atoms with Gasteiger partial charge in [0.25, 0.3) is 0 Å². The fraction of sp³-hybridized carbons (Fsp3) is 0.217. The van der Waals surface area contributed by atoms with Crippen LogP contribution in [0.3, 0.4) is 0 Å². The quantitative estimate of drug-likeness (QED) is 0.572. The third-order valence-corrected chi connectivity index (χ3v) is 6.52.